The van der Waals surface area contributed by atoms with Gasteiger partial charge in [0.1, 0.15) is 0 Å². The zero-order valence-corrected chi connectivity index (χ0v) is 22.1. The minimum Gasteiger partial charge on any atom is -1.00 e. The Morgan fingerprint density at radius 3 is 1.22 bits per heavy atom. The summed E-state index contributed by atoms with van der Waals surface area (Å²) in [5.41, 5.74) is 5.90. The Kier molecular flexibility index (Phi) is 18.3. The first-order valence-corrected chi connectivity index (χ1v) is 7.82. The van der Waals surface area contributed by atoms with Crippen LogP contribution in [0.3, 0.4) is 0 Å². The van der Waals surface area contributed by atoms with E-state index in [1.807, 2.05) is 0 Å². The predicted molar refractivity (Wildman–Crippen MR) is 90.6 cm³/mol. The molecule has 0 heterocycles. The quantitative estimate of drug-likeness (QED) is 0.334. The second-order valence-corrected chi connectivity index (χ2v) is 6.66. The third-order valence-corrected chi connectivity index (χ3v) is 3.56. The van der Waals surface area contributed by atoms with Crippen molar-refractivity contribution in [2.75, 3.05) is 0 Å². The smallest absolute Gasteiger partial charge is 1.00 e. The molecule has 0 bridgehead atoms. The van der Waals surface area contributed by atoms with Crippen LogP contribution in [0.25, 0.3) is 0 Å². The summed E-state index contributed by atoms with van der Waals surface area (Å²) in [6.45, 7) is 13.4. The fraction of sp³-hybridized carbons (Fsp3) is 0.500. The molecule has 0 spiro atoms. The van der Waals surface area contributed by atoms with Gasteiger partial charge in [0.25, 0.3) is 0 Å². The molecule has 0 unspecified atom stereocenters. The molecule has 2 rings (SSSR count). The van der Waals surface area contributed by atoms with Crippen LogP contribution in [0, 0.1) is 25.7 Å². The van der Waals surface area contributed by atoms with Crippen LogP contribution in [0.5, 0.6) is 0 Å². The van der Waals surface area contributed by atoms with Crippen LogP contribution in [0.4, 0.5) is 0 Å². The standard InChI is InChI=1S/2C10H15.2BrH.Hf/c2*1-8(2)7-10-6-4-5-9(10)3;;;/h2*4-6,8H,7H2,1-3H3;2*1H;/q2*-1;;;+4/p-2. The van der Waals surface area contributed by atoms with E-state index in [2.05, 4.69) is 77.9 Å². The van der Waals surface area contributed by atoms with Crippen LogP contribution in [0.15, 0.2) is 36.4 Å². The number of halogens is 2. The Labute approximate surface area is 183 Å². The molecule has 0 aliphatic rings. The molecule has 0 atom stereocenters. The second-order valence-electron chi connectivity index (χ2n) is 6.66. The van der Waals surface area contributed by atoms with Crippen LogP contribution in [0.2, 0.25) is 0 Å². The molecule has 0 aliphatic heterocycles. The normalized spacial score (nSPS) is 9.39. The largest absolute Gasteiger partial charge is 4.00 e. The van der Waals surface area contributed by atoms with Crippen LogP contribution in [0.1, 0.15) is 49.9 Å². The first-order valence-electron chi connectivity index (χ1n) is 7.82. The molecular formula is C20H30Br2Hf. The number of aryl methyl sites for hydroxylation is 2. The second kappa shape index (κ2) is 14.8. The summed E-state index contributed by atoms with van der Waals surface area (Å²) in [6, 6.07) is 13.1. The van der Waals surface area contributed by atoms with Crippen molar-refractivity contribution in [3.63, 3.8) is 0 Å². The Balaban J connectivity index is -0.000000308. The zero-order valence-electron chi connectivity index (χ0n) is 15.3. The van der Waals surface area contributed by atoms with E-state index in [1.54, 1.807) is 0 Å². The predicted octanol–water partition coefficient (Wildman–Crippen LogP) is -0.170. The van der Waals surface area contributed by atoms with Gasteiger partial charge in [0.15, 0.2) is 0 Å². The summed E-state index contributed by atoms with van der Waals surface area (Å²) in [4.78, 5) is 0. The molecule has 0 aromatic heterocycles. The molecule has 0 aliphatic carbocycles. The van der Waals surface area contributed by atoms with E-state index in [1.165, 1.54) is 35.1 Å². The summed E-state index contributed by atoms with van der Waals surface area (Å²) in [5.74, 6) is 1.56. The maximum Gasteiger partial charge on any atom is 4.00 e. The maximum atomic E-state index is 2.26. The average Bonchev–Trinajstić information content (AvgIpc) is 2.90. The molecule has 0 saturated heterocycles. The summed E-state index contributed by atoms with van der Waals surface area (Å²) in [7, 11) is 0. The minimum absolute atomic E-state index is 0. The van der Waals surface area contributed by atoms with E-state index in [0.717, 1.165) is 11.8 Å². The van der Waals surface area contributed by atoms with Crippen molar-refractivity contribution < 1.29 is 59.8 Å². The summed E-state index contributed by atoms with van der Waals surface area (Å²) in [5, 5.41) is 0. The Bertz CT molecular complexity index is 449. The monoisotopic (exact) mass is 608 g/mol. The van der Waals surface area contributed by atoms with Crippen molar-refractivity contribution in [2.45, 2.75) is 54.4 Å². The third kappa shape index (κ3) is 11.7. The van der Waals surface area contributed by atoms with Crippen molar-refractivity contribution in [3.8, 4) is 0 Å². The third-order valence-electron chi connectivity index (χ3n) is 3.56. The van der Waals surface area contributed by atoms with E-state index in [4.69, 9.17) is 0 Å². The Morgan fingerprint density at radius 1 is 0.739 bits per heavy atom. The fourth-order valence-electron chi connectivity index (χ4n) is 2.43. The molecule has 128 valence electrons. The van der Waals surface area contributed by atoms with E-state index in [9.17, 15) is 0 Å². The Hall–Kier alpha value is 0.530. The summed E-state index contributed by atoms with van der Waals surface area (Å²) >= 11 is 0. The van der Waals surface area contributed by atoms with Gasteiger partial charge in [-0.15, -0.1) is 0 Å². The van der Waals surface area contributed by atoms with Gasteiger partial charge >= 0.3 is 25.8 Å². The van der Waals surface area contributed by atoms with E-state index < -0.39 is 0 Å². The number of hydrogen-bond acceptors (Lipinski definition) is 0. The fourth-order valence-corrected chi connectivity index (χ4v) is 2.43. The van der Waals surface area contributed by atoms with E-state index >= 15 is 0 Å². The molecule has 0 fully saturated rings. The first-order chi connectivity index (χ1) is 9.40. The molecule has 2 aromatic rings. The maximum absolute atomic E-state index is 2.26. The minimum atomic E-state index is 0. The SMILES string of the molecule is Cc1ccc[c-]1CC(C)C.Cc1ccc[c-]1CC(C)C.[Br-].[Br-].[Hf+4]. The van der Waals surface area contributed by atoms with Gasteiger partial charge in [0.2, 0.25) is 0 Å². The van der Waals surface area contributed by atoms with Crippen molar-refractivity contribution in [1.82, 2.24) is 0 Å². The summed E-state index contributed by atoms with van der Waals surface area (Å²) < 4.78 is 0. The van der Waals surface area contributed by atoms with Crippen molar-refractivity contribution >= 4 is 0 Å². The topological polar surface area (TPSA) is 0 Å². The molecule has 0 N–H and O–H groups in total. The van der Waals surface area contributed by atoms with Gasteiger partial charge in [-0.25, -0.2) is 24.3 Å². The van der Waals surface area contributed by atoms with Gasteiger partial charge in [0, 0.05) is 0 Å². The molecule has 0 nitrogen and oxygen atoms in total. The number of hydrogen-bond donors (Lipinski definition) is 0. The molecule has 3 heteroatoms. The molecule has 0 radical (unpaired) electrons. The van der Waals surface area contributed by atoms with Gasteiger partial charge in [-0.2, -0.15) is 34.4 Å². The van der Waals surface area contributed by atoms with Gasteiger partial charge in [-0.1, -0.05) is 66.2 Å². The first kappa shape index (κ1) is 28.3. The zero-order chi connectivity index (χ0) is 15.1. The van der Waals surface area contributed by atoms with Gasteiger partial charge in [-0.05, 0) is 0 Å². The van der Waals surface area contributed by atoms with Crippen molar-refractivity contribution in [1.29, 1.82) is 0 Å². The number of rotatable bonds is 4. The van der Waals surface area contributed by atoms with Gasteiger partial charge in [-0.3, -0.25) is 0 Å². The molecule has 0 amide bonds. The van der Waals surface area contributed by atoms with Gasteiger partial charge in [0.05, 0.1) is 0 Å². The van der Waals surface area contributed by atoms with E-state index in [0.29, 0.717) is 0 Å². The molecule has 23 heavy (non-hydrogen) atoms. The van der Waals surface area contributed by atoms with E-state index in [-0.39, 0.29) is 59.8 Å². The molecule has 0 saturated carbocycles. The van der Waals surface area contributed by atoms with Crippen LogP contribution >= 0.6 is 0 Å². The summed E-state index contributed by atoms with van der Waals surface area (Å²) in [6.07, 6.45) is 2.44. The van der Waals surface area contributed by atoms with Crippen molar-refractivity contribution in [3.05, 3.63) is 58.7 Å². The molecule has 2 aromatic carbocycles. The Morgan fingerprint density at radius 2 is 1.04 bits per heavy atom. The van der Waals surface area contributed by atoms with Gasteiger partial charge < -0.3 is 34.0 Å². The average molecular weight is 609 g/mol. The van der Waals surface area contributed by atoms with Crippen LogP contribution in [-0.2, 0) is 38.7 Å². The van der Waals surface area contributed by atoms with Crippen LogP contribution < -0.4 is 34.0 Å². The van der Waals surface area contributed by atoms with Crippen molar-refractivity contribution in [2.24, 2.45) is 11.8 Å². The van der Waals surface area contributed by atoms with Crippen LogP contribution in [-0.4, -0.2) is 0 Å². The molecular weight excluding hydrogens is 579 g/mol.